The minimum Gasteiger partial charge on any atom is -0.508 e. The summed E-state index contributed by atoms with van der Waals surface area (Å²) < 4.78 is 142. The highest BCUT2D eigenvalue weighted by molar-refractivity contribution is 8.46. The summed E-state index contributed by atoms with van der Waals surface area (Å²) in [5.41, 5.74) is 0. The van der Waals surface area contributed by atoms with Crippen LogP contribution in [0.3, 0.4) is 0 Å². The van der Waals surface area contributed by atoms with Gasteiger partial charge >= 0.3 is 20.4 Å². The van der Waals surface area contributed by atoms with E-state index in [1.165, 1.54) is 0 Å². The number of ether oxygens (including phenoxy) is 2. The molecule has 0 aliphatic heterocycles. The van der Waals surface area contributed by atoms with Crippen LogP contribution in [0.2, 0.25) is 0 Å². The molecule has 0 atom stereocenters. The van der Waals surface area contributed by atoms with Crippen molar-refractivity contribution in [2.24, 2.45) is 0 Å². The first-order chi connectivity index (χ1) is 14.5. The van der Waals surface area contributed by atoms with Crippen molar-refractivity contribution in [1.29, 1.82) is 0 Å². The van der Waals surface area contributed by atoms with Crippen LogP contribution in [0.25, 0.3) is 0 Å². The van der Waals surface area contributed by atoms with Crippen molar-refractivity contribution in [2.45, 2.75) is 9.79 Å². The van der Waals surface area contributed by atoms with Gasteiger partial charge in [-0.3, -0.25) is 0 Å². The van der Waals surface area contributed by atoms with Crippen molar-refractivity contribution < 1.29 is 53.4 Å². The molecule has 0 saturated carbocycles. The largest absolute Gasteiger partial charge is 0.508 e. The first kappa shape index (κ1) is 24.7. The van der Waals surface area contributed by atoms with Crippen LogP contribution in [0, 0.1) is 0 Å². The smallest absolute Gasteiger partial charge is 0.313 e. The Hall–Kier alpha value is -2.94. The van der Waals surface area contributed by atoms with Crippen molar-refractivity contribution in [3.8, 4) is 28.7 Å². The van der Waals surface area contributed by atoms with Crippen molar-refractivity contribution in [1.82, 2.24) is 0 Å². The maximum Gasteiger partial charge on any atom is 0.313 e. The standard InChI is InChI=1S/C18H12F10O3S2/c19-32(20,21,22,23)17-7-3-1-5-15(17)30-13-9-12(29)10-14(11-13)31-16-6-2-4-8-18(16)33(24,25,26,27)28/h1-11,29H. The number of hydrogen-bond acceptors (Lipinski definition) is 3. The second kappa shape index (κ2) is 6.14. The zero-order valence-corrected chi connectivity index (χ0v) is 17.3. The molecule has 33 heavy (non-hydrogen) atoms. The summed E-state index contributed by atoms with van der Waals surface area (Å²) in [7, 11) is -20.4. The Kier molecular flexibility index (Phi) is 4.59. The van der Waals surface area contributed by atoms with Gasteiger partial charge in [-0.15, -0.1) is 0 Å². The Morgan fingerprint density at radius 3 is 1.18 bits per heavy atom. The van der Waals surface area contributed by atoms with Gasteiger partial charge in [-0.2, -0.15) is 0 Å². The molecule has 184 valence electrons. The van der Waals surface area contributed by atoms with Crippen molar-refractivity contribution >= 4 is 20.4 Å². The second-order valence-corrected chi connectivity index (χ2v) is 11.5. The predicted octanol–water partition coefficient (Wildman–Crippen LogP) is 10.3. The van der Waals surface area contributed by atoms with Gasteiger partial charge in [0.1, 0.15) is 38.5 Å². The Balaban J connectivity index is 2.03. The summed E-state index contributed by atoms with van der Waals surface area (Å²) in [6, 6.07) is 6.33. The van der Waals surface area contributed by atoms with Gasteiger partial charge in [0.15, 0.2) is 0 Å². The number of para-hydroxylation sites is 2. The van der Waals surface area contributed by atoms with Crippen LogP contribution in [-0.2, 0) is 0 Å². The molecular formula is C18H12F10O3S2. The predicted molar refractivity (Wildman–Crippen MR) is 104 cm³/mol. The number of halogens is 10. The van der Waals surface area contributed by atoms with Crippen molar-refractivity contribution in [3.63, 3.8) is 0 Å². The molecule has 15 heteroatoms. The van der Waals surface area contributed by atoms with Crippen LogP contribution in [-0.4, -0.2) is 5.11 Å². The number of hydrogen-bond donors (Lipinski definition) is 1. The zero-order valence-electron chi connectivity index (χ0n) is 15.7. The third-order valence-corrected chi connectivity index (χ3v) is 6.19. The lowest BCUT2D eigenvalue weighted by molar-refractivity contribution is 0.352. The Morgan fingerprint density at radius 2 is 0.848 bits per heavy atom. The van der Waals surface area contributed by atoms with Crippen LogP contribution >= 0.6 is 20.4 Å². The molecule has 3 aromatic carbocycles. The van der Waals surface area contributed by atoms with E-state index in [1.807, 2.05) is 0 Å². The van der Waals surface area contributed by atoms with Crippen LogP contribution in [0.5, 0.6) is 28.7 Å². The van der Waals surface area contributed by atoms with Gasteiger partial charge in [0.05, 0.1) is 0 Å². The van der Waals surface area contributed by atoms with Gasteiger partial charge < -0.3 is 14.6 Å². The summed E-state index contributed by atoms with van der Waals surface area (Å²) in [4.78, 5) is -4.79. The van der Waals surface area contributed by atoms with E-state index in [-0.39, 0.29) is 12.1 Å². The fourth-order valence-corrected chi connectivity index (χ4v) is 4.29. The molecule has 0 bridgehead atoms. The lowest BCUT2D eigenvalue weighted by atomic mass is 10.3. The second-order valence-electron chi connectivity index (χ2n) is 6.70. The summed E-state index contributed by atoms with van der Waals surface area (Å²) in [6.07, 6.45) is 0. The molecular weight excluding hydrogens is 518 g/mol. The molecule has 0 aliphatic rings. The average molecular weight is 530 g/mol. The molecule has 0 spiro atoms. The molecule has 0 radical (unpaired) electrons. The van der Waals surface area contributed by atoms with E-state index in [2.05, 4.69) is 0 Å². The number of phenols is 1. The molecule has 3 aromatic rings. The van der Waals surface area contributed by atoms with Gasteiger partial charge in [-0.05, 0) is 24.3 Å². The lowest BCUT2D eigenvalue weighted by Gasteiger charge is -2.41. The number of benzene rings is 3. The first-order valence-electron chi connectivity index (χ1n) is 8.38. The topological polar surface area (TPSA) is 38.7 Å². The molecule has 0 fully saturated rings. The minimum atomic E-state index is -10.2. The monoisotopic (exact) mass is 530 g/mol. The van der Waals surface area contributed by atoms with Gasteiger partial charge in [0.2, 0.25) is 0 Å². The highest BCUT2D eigenvalue weighted by Gasteiger charge is 2.68. The lowest BCUT2D eigenvalue weighted by Crippen LogP contribution is -2.08. The van der Waals surface area contributed by atoms with E-state index >= 15 is 0 Å². The molecule has 0 aromatic heterocycles. The number of phenolic OH excluding ortho intramolecular Hbond substituents is 1. The minimum absolute atomic E-state index is 0.0575. The van der Waals surface area contributed by atoms with Crippen molar-refractivity contribution in [2.75, 3.05) is 0 Å². The summed E-state index contributed by atoms with van der Waals surface area (Å²) in [5.74, 6) is -5.10. The fourth-order valence-electron chi connectivity index (χ4n) is 2.63. The summed E-state index contributed by atoms with van der Waals surface area (Å²) >= 11 is 0. The molecule has 0 unspecified atom stereocenters. The summed E-state index contributed by atoms with van der Waals surface area (Å²) in [6.45, 7) is 0. The quantitative estimate of drug-likeness (QED) is 0.322. The van der Waals surface area contributed by atoms with Crippen LogP contribution in [0.1, 0.15) is 0 Å². The Bertz CT molecular complexity index is 1150. The first-order valence-corrected chi connectivity index (χ1v) is 12.3. The molecule has 0 amide bonds. The maximum atomic E-state index is 13.3. The zero-order chi connectivity index (χ0) is 25.1. The van der Waals surface area contributed by atoms with Gasteiger partial charge in [0, 0.05) is 18.2 Å². The van der Waals surface area contributed by atoms with E-state index in [0.717, 1.165) is 12.1 Å². The molecule has 3 rings (SSSR count). The van der Waals surface area contributed by atoms with Gasteiger partial charge in [0.25, 0.3) is 0 Å². The van der Waals surface area contributed by atoms with Crippen LogP contribution in [0.4, 0.5) is 38.9 Å². The van der Waals surface area contributed by atoms with E-state index in [4.69, 9.17) is 9.47 Å². The van der Waals surface area contributed by atoms with Crippen LogP contribution < -0.4 is 9.47 Å². The van der Waals surface area contributed by atoms with E-state index in [9.17, 15) is 44.0 Å². The highest BCUT2D eigenvalue weighted by atomic mass is 32.5. The number of rotatable bonds is 6. The van der Waals surface area contributed by atoms with E-state index in [1.54, 1.807) is 0 Å². The molecule has 0 heterocycles. The third-order valence-electron chi connectivity index (χ3n) is 3.85. The van der Waals surface area contributed by atoms with Gasteiger partial charge in [-0.1, -0.05) is 63.1 Å². The fraction of sp³-hybridized carbons (Fsp3) is 0. The Morgan fingerprint density at radius 1 is 0.515 bits per heavy atom. The normalized spacial score (nSPS) is 16.7. The maximum absolute atomic E-state index is 13.3. The number of aromatic hydroxyl groups is 1. The Labute approximate surface area is 179 Å². The molecule has 3 nitrogen and oxygen atoms in total. The van der Waals surface area contributed by atoms with E-state index < -0.39 is 59.0 Å². The highest BCUT2D eigenvalue weighted by Crippen LogP contribution is 3.03. The van der Waals surface area contributed by atoms with E-state index in [0.29, 0.717) is 42.5 Å². The average Bonchev–Trinajstić information content (AvgIpc) is 2.58. The van der Waals surface area contributed by atoms with Gasteiger partial charge in [-0.25, -0.2) is 0 Å². The van der Waals surface area contributed by atoms with Crippen LogP contribution in [0.15, 0.2) is 76.5 Å². The SMILES string of the molecule is Oc1cc(Oc2ccccc2S(F)(F)(F)(F)F)cc(Oc2ccccc2S(F)(F)(F)(F)F)c1. The van der Waals surface area contributed by atoms with Crippen molar-refractivity contribution in [3.05, 3.63) is 66.7 Å². The molecule has 0 saturated heterocycles. The molecule has 0 aliphatic carbocycles. The third kappa shape index (κ3) is 6.10. The molecule has 1 N–H and O–H groups in total. The summed E-state index contributed by atoms with van der Waals surface area (Å²) in [5, 5.41) is 9.73.